The van der Waals surface area contributed by atoms with Crippen molar-refractivity contribution in [2.24, 2.45) is 0 Å². The lowest BCUT2D eigenvalue weighted by Gasteiger charge is -2.02. The molecule has 0 aliphatic rings. The standard InChI is InChI=1S/C14H18N2O/c1-8(2)14-16-13(10(4)17-14)11-6-5-9(3)12(15)7-11/h5-8H,15H2,1-4H3. The topological polar surface area (TPSA) is 52.0 Å². The maximum Gasteiger partial charge on any atom is 0.197 e. The molecule has 2 rings (SSSR count). The first-order valence-electron chi connectivity index (χ1n) is 5.83. The van der Waals surface area contributed by atoms with E-state index in [9.17, 15) is 0 Å². The summed E-state index contributed by atoms with van der Waals surface area (Å²) < 4.78 is 5.65. The molecule has 0 radical (unpaired) electrons. The van der Waals surface area contributed by atoms with Crippen molar-refractivity contribution >= 4 is 5.69 Å². The summed E-state index contributed by atoms with van der Waals surface area (Å²) in [4.78, 5) is 4.53. The smallest absolute Gasteiger partial charge is 0.197 e. The van der Waals surface area contributed by atoms with Gasteiger partial charge in [-0.1, -0.05) is 26.0 Å². The van der Waals surface area contributed by atoms with Gasteiger partial charge in [-0.05, 0) is 25.5 Å². The summed E-state index contributed by atoms with van der Waals surface area (Å²) in [5.74, 6) is 1.92. The second-order valence-electron chi connectivity index (χ2n) is 4.68. The van der Waals surface area contributed by atoms with Crippen molar-refractivity contribution in [2.45, 2.75) is 33.6 Å². The molecule has 17 heavy (non-hydrogen) atoms. The van der Waals surface area contributed by atoms with Gasteiger partial charge in [-0.2, -0.15) is 0 Å². The van der Waals surface area contributed by atoms with E-state index in [-0.39, 0.29) is 0 Å². The zero-order valence-corrected chi connectivity index (χ0v) is 10.7. The second kappa shape index (κ2) is 4.24. The third-order valence-corrected chi connectivity index (χ3v) is 2.86. The van der Waals surface area contributed by atoms with Crippen LogP contribution in [0, 0.1) is 13.8 Å². The summed E-state index contributed by atoms with van der Waals surface area (Å²) in [6.45, 7) is 8.07. The van der Waals surface area contributed by atoms with Crippen LogP contribution >= 0.6 is 0 Å². The highest BCUT2D eigenvalue weighted by molar-refractivity contribution is 5.67. The first kappa shape index (κ1) is 11.7. The van der Waals surface area contributed by atoms with Gasteiger partial charge in [0.2, 0.25) is 0 Å². The Morgan fingerprint density at radius 2 is 1.94 bits per heavy atom. The summed E-state index contributed by atoms with van der Waals surface area (Å²) in [5.41, 5.74) is 9.69. The number of anilines is 1. The van der Waals surface area contributed by atoms with Crippen LogP contribution in [0.25, 0.3) is 11.3 Å². The number of hydrogen-bond donors (Lipinski definition) is 1. The van der Waals surface area contributed by atoms with Crippen LogP contribution in [0.2, 0.25) is 0 Å². The van der Waals surface area contributed by atoms with Crippen LogP contribution in [0.4, 0.5) is 5.69 Å². The van der Waals surface area contributed by atoms with Gasteiger partial charge in [0.15, 0.2) is 5.89 Å². The van der Waals surface area contributed by atoms with Gasteiger partial charge in [-0.3, -0.25) is 0 Å². The molecule has 0 fully saturated rings. The Morgan fingerprint density at radius 3 is 2.47 bits per heavy atom. The van der Waals surface area contributed by atoms with Crippen molar-refractivity contribution in [3.63, 3.8) is 0 Å². The van der Waals surface area contributed by atoms with Gasteiger partial charge < -0.3 is 10.2 Å². The average Bonchev–Trinajstić information content (AvgIpc) is 2.65. The van der Waals surface area contributed by atoms with E-state index in [1.54, 1.807) is 0 Å². The molecule has 0 bridgehead atoms. The van der Waals surface area contributed by atoms with Crippen molar-refractivity contribution in [3.05, 3.63) is 35.4 Å². The lowest BCUT2D eigenvalue weighted by molar-refractivity contribution is 0.450. The molecule has 0 atom stereocenters. The van der Waals surface area contributed by atoms with E-state index < -0.39 is 0 Å². The van der Waals surface area contributed by atoms with Crippen LogP contribution in [0.1, 0.15) is 37.0 Å². The van der Waals surface area contributed by atoms with Crippen molar-refractivity contribution < 1.29 is 4.42 Å². The second-order valence-corrected chi connectivity index (χ2v) is 4.68. The lowest BCUT2D eigenvalue weighted by Crippen LogP contribution is -1.91. The van der Waals surface area contributed by atoms with E-state index in [0.717, 1.165) is 34.2 Å². The van der Waals surface area contributed by atoms with Gasteiger partial charge in [-0.25, -0.2) is 4.98 Å². The molecule has 0 spiro atoms. The number of nitrogens with zero attached hydrogens (tertiary/aromatic N) is 1. The van der Waals surface area contributed by atoms with Gasteiger partial charge in [0.1, 0.15) is 11.5 Å². The van der Waals surface area contributed by atoms with E-state index in [1.165, 1.54) is 0 Å². The molecule has 0 amide bonds. The van der Waals surface area contributed by atoms with E-state index in [1.807, 2.05) is 32.0 Å². The molecule has 90 valence electrons. The zero-order chi connectivity index (χ0) is 12.6. The fourth-order valence-electron chi connectivity index (χ4n) is 1.72. The van der Waals surface area contributed by atoms with Crippen LogP contribution in [0.15, 0.2) is 22.6 Å². The van der Waals surface area contributed by atoms with E-state index in [0.29, 0.717) is 5.92 Å². The van der Waals surface area contributed by atoms with Crippen molar-refractivity contribution in [2.75, 3.05) is 5.73 Å². The van der Waals surface area contributed by atoms with E-state index in [2.05, 4.69) is 18.8 Å². The van der Waals surface area contributed by atoms with Gasteiger partial charge >= 0.3 is 0 Å². The molecule has 3 nitrogen and oxygen atoms in total. The predicted octanol–water partition coefficient (Wildman–Crippen LogP) is 3.66. The molecule has 2 N–H and O–H groups in total. The van der Waals surface area contributed by atoms with Crippen LogP contribution in [-0.2, 0) is 0 Å². The molecule has 1 aromatic carbocycles. The molecule has 0 aliphatic heterocycles. The normalized spacial score (nSPS) is 11.1. The quantitative estimate of drug-likeness (QED) is 0.801. The minimum Gasteiger partial charge on any atom is -0.445 e. The Labute approximate surface area is 102 Å². The molecule has 2 aromatic rings. The Balaban J connectivity index is 2.49. The third-order valence-electron chi connectivity index (χ3n) is 2.86. The van der Waals surface area contributed by atoms with Crippen LogP contribution < -0.4 is 5.73 Å². The SMILES string of the molecule is Cc1ccc(-c2nc(C(C)C)oc2C)cc1N. The lowest BCUT2D eigenvalue weighted by atomic mass is 10.1. The maximum atomic E-state index is 5.92. The Hall–Kier alpha value is -1.77. The number of nitrogen functional groups attached to an aromatic ring is 1. The van der Waals surface area contributed by atoms with Crippen LogP contribution in [-0.4, -0.2) is 4.98 Å². The van der Waals surface area contributed by atoms with Crippen molar-refractivity contribution in [3.8, 4) is 11.3 Å². The summed E-state index contributed by atoms with van der Waals surface area (Å²) in [5, 5.41) is 0. The van der Waals surface area contributed by atoms with Gasteiger partial charge in [0.25, 0.3) is 0 Å². The highest BCUT2D eigenvalue weighted by atomic mass is 16.4. The van der Waals surface area contributed by atoms with Crippen molar-refractivity contribution in [1.29, 1.82) is 0 Å². The van der Waals surface area contributed by atoms with E-state index in [4.69, 9.17) is 10.2 Å². The number of hydrogen-bond acceptors (Lipinski definition) is 3. The number of oxazole rings is 1. The number of nitrogens with two attached hydrogens (primary N) is 1. The molecular formula is C14H18N2O. The molecular weight excluding hydrogens is 212 g/mol. The number of aromatic nitrogens is 1. The fourth-order valence-corrected chi connectivity index (χ4v) is 1.72. The molecule has 0 saturated heterocycles. The first-order valence-corrected chi connectivity index (χ1v) is 5.83. The summed E-state index contributed by atoms with van der Waals surface area (Å²) in [7, 11) is 0. The number of rotatable bonds is 2. The number of benzene rings is 1. The summed E-state index contributed by atoms with van der Waals surface area (Å²) >= 11 is 0. The van der Waals surface area contributed by atoms with Gasteiger partial charge in [-0.15, -0.1) is 0 Å². The Kier molecular flexibility index (Phi) is 2.92. The van der Waals surface area contributed by atoms with E-state index >= 15 is 0 Å². The minimum atomic E-state index is 0.297. The third kappa shape index (κ3) is 2.18. The monoisotopic (exact) mass is 230 g/mol. The predicted molar refractivity (Wildman–Crippen MR) is 69.9 cm³/mol. The molecule has 1 aromatic heterocycles. The summed E-state index contributed by atoms with van der Waals surface area (Å²) in [6, 6.07) is 5.98. The zero-order valence-electron chi connectivity index (χ0n) is 10.7. The van der Waals surface area contributed by atoms with Crippen LogP contribution in [0.3, 0.4) is 0 Å². The van der Waals surface area contributed by atoms with Crippen LogP contribution in [0.5, 0.6) is 0 Å². The molecule has 0 aliphatic carbocycles. The van der Waals surface area contributed by atoms with Crippen molar-refractivity contribution in [1.82, 2.24) is 4.98 Å². The largest absolute Gasteiger partial charge is 0.445 e. The maximum absolute atomic E-state index is 5.92. The summed E-state index contributed by atoms with van der Waals surface area (Å²) in [6.07, 6.45) is 0. The number of aryl methyl sites for hydroxylation is 2. The molecule has 3 heteroatoms. The first-order chi connectivity index (χ1) is 7.99. The Bertz CT molecular complexity index is 541. The average molecular weight is 230 g/mol. The highest BCUT2D eigenvalue weighted by Crippen LogP contribution is 2.28. The molecule has 0 saturated carbocycles. The van der Waals surface area contributed by atoms with Gasteiger partial charge in [0.05, 0.1) is 0 Å². The minimum absolute atomic E-state index is 0.297. The molecule has 1 heterocycles. The molecule has 0 unspecified atom stereocenters. The highest BCUT2D eigenvalue weighted by Gasteiger charge is 2.14. The Morgan fingerprint density at radius 1 is 1.24 bits per heavy atom. The van der Waals surface area contributed by atoms with Gasteiger partial charge in [0, 0.05) is 17.2 Å². The fraction of sp³-hybridized carbons (Fsp3) is 0.357.